The Morgan fingerprint density at radius 2 is 1.88 bits per heavy atom. The van der Waals surface area contributed by atoms with Crippen LogP contribution >= 0.6 is 0 Å². The zero-order chi connectivity index (χ0) is 19.5. The highest BCUT2D eigenvalue weighted by atomic mass is 16.6. The first-order valence-corrected chi connectivity index (χ1v) is 8.85. The molecule has 0 aliphatic heterocycles. The number of aromatic nitrogens is 1. The summed E-state index contributed by atoms with van der Waals surface area (Å²) in [5, 5.41) is 3.75. The Bertz CT molecular complexity index is 787. The van der Waals surface area contributed by atoms with Gasteiger partial charge in [0.15, 0.2) is 6.10 Å². The van der Waals surface area contributed by atoms with E-state index in [1.807, 2.05) is 65.3 Å². The molecule has 1 aromatic heterocycles. The number of alkyl carbamates (subject to hydrolysis) is 1. The van der Waals surface area contributed by atoms with Gasteiger partial charge in [-0.15, -0.1) is 0 Å². The van der Waals surface area contributed by atoms with Gasteiger partial charge < -0.3 is 15.0 Å². The molecular formula is C20H29N3O3. The first-order valence-electron chi connectivity index (χ1n) is 8.85. The quantitative estimate of drug-likeness (QED) is 0.890. The van der Waals surface area contributed by atoms with Crippen LogP contribution < -0.4 is 5.32 Å². The minimum absolute atomic E-state index is 0.263. The number of rotatable bonds is 5. The van der Waals surface area contributed by atoms with E-state index in [2.05, 4.69) is 10.2 Å². The van der Waals surface area contributed by atoms with E-state index in [0.29, 0.717) is 0 Å². The zero-order valence-corrected chi connectivity index (χ0v) is 16.5. The Kier molecular flexibility index (Phi) is 6.08. The topological polar surface area (TPSA) is 63.6 Å². The highest BCUT2D eigenvalue weighted by molar-refractivity contribution is 5.96. The number of amides is 1. The molecule has 1 heterocycles. The molecule has 2 rings (SSSR count). The van der Waals surface area contributed by atoms with Crippen LogP contribution in [0.1, 0.15) is 38.1 Å². The van der Waals surface area contributed by atoms with Crippen molar-refractivity contribution in [3.8, 4) is 0 Å². The largest absolute Gasteiger partial charge is 0.436 e. The molecule has 26 heavy (non-hydrogen) atoms. The predicted molar refractivity (Wildman–Crippen MR) is 104 cm³/mol. The number of likely N-dealkylation sites (N-methyl/N-ethyl adjacent to an activating group) is 1. The van der Waals surface area contributed by atoms with E-state index >= 15 is 0 Å². The Hall–Kier alpha value is -2.34. The second-order valence-corrected chi connectivity index (χ2v) is 7.86. The summed E-state index contributed by atoms with van der Waals surface area (Å²) in [5.74, 6) is -0.263. The number of hydrogen-bond acceptors (Lipinski definition) is 4. The van der Waals surface area contributed by atoms with Crippen LogP contribution in [-0.2, 0) is 11.2 Å². The van der Waals surface area contributed by atoms with Crippen LogP contribution in [0.4, 0.5) is 4.79 Å². The van der Waals surface area contributed by atoms with Gasteiger partial charge in [0.1, 0.15) is 0 Å². The van der Waals surface area contributed by atoms with Gasteiger partial charge in [0.2, 0.25) is 0 Å². The molecule has 1 atom stereocenters. The summed E-state index contributed by atoms with van der Waals surface area (Å²) in [5.41, 5.74) is 1.52. The molecule has 1 amide bonds. The molecule has 0 saturated carbocycles. The van der Waals surface area contributed by atoms with Crippen LogP contribution in [0.2, 0.25) is 0 Å². The molecule has 0 aliphatic carbocycles. The lowest BCUT2D eigenvalue weighted by atomic mass is 10.1. The average Bonchev–Trinajstić information content (AvgIpc) is 2.89. The van der Waals surface area contributed by atoms with Crippen LogP contribution in [-0.4, -0.2) is 53.8 Å². The fourth-order valence-electron chi connectivity index (χ4n) is 2.72. The van der Waals surface area contributed by atoms with Crippen LogP contribution in [0.25, 0.3) is 10.9 Å². The van der Waals surface area contributed by atoms with Gasteiger partial charge in [-0.1, -0.05) is 18.2 Å². The molecule has 2 aromatic rings. The lowest BCUT2D eigenvalue weighted by Crippen LogP contribution is -2.43. The smallest absolute Gasteiger partial charge is 0.408 e. The molecule has 0 aliphatic rings. The lowest BCUT2D eigenvalue weighted by Gasteiger charge is -2.21. The SMILES string of the molecule is C[C@H](OC(=O)NC(C)(C)C)C(=O)n1cc(CCN(C)C)c2ccccc21. The van der Waals surface area contributed by atoms with E-state index in [0.717, 1.165) is 29.4 Å². The lowest BCUT2D eigenvalue weighted by molar-refractivity contribution is 0.0577. The van der Waals surface area contributed by atoms with Crippen molar-refractivity contribution >= 4 is 22.9 Å². The van der Waals surface area contributed by atoms with Gasteiger partial charge in [-0.05, 0) is 59.8 Å². The minimum atomic E-state index is -0.880. The van der Waals surface area contributed by atoms with E-state index in [1.54, 1.807) is 11.5 Å². The number of hydrogen-bond donors (Lipinski definition) is 1. The van der Waals surface area contributed by atoms with Gasteiger partial charge in [0.25, 0.3) is 5.91 Å². The summed E-state index contributed by atoms with van der Waals surface area (Å²) in [6.45, 7) is 8.06. The second kappa shape index (κ2) is 7.91. The number of nitrogens with zero attached hydrogens (tertiary/aromatic N) is 2. The van der Waals surface area contributed by atoms with Crippen LogP contribution in [0.5, 0.6) is 0 Å². The van der Waals surface area contributed by atoms with Crippen molar-refractivity contribution < 1.29 is 14.3 Å². The number of benzene rings is 1. The zero-order valence-electron chi connectivity index (χ0n) is 16.5. The first-order chi connectivity index (χ1) is 12.1. The third-order valence-electron chi connectivity index (χ3n) is 3.97. The Morgan fingerprint density at radius 3 is 2.50 bits per heavy atom. The van der Waals surface area contributed by atoms with Crippen molar-refractivity contribution in [3.05, 3.63) is 36.0 Å². The molecule has 0 spiro atoms. The maximum Gasteiger partial charge on any atom is 0.408 e. The molecule has 1 N–H and O–H groups in total. The molecule has 1 aromatic carbocycles. The second-order valence-electron chi connectivity index (χ2n) is 7.86. The van der Waals surface area contributed by atoms with E-state index in [4.69, 9.17) is 4.74 Å². The van der Waals surface area contributed by atoms with Crippen molar-refractivity contribution in [1.82, 2.24) is 14.8 Å². The number of nitrogens with one attached hydrogen (secondary N) is 1. The number of fused-ring (bicyclic) bond motifs is 1. The van der Waals surface area contributed by atoms with Gasteiger partial charge >= 0.3 is 6.09 Å². The minimum Gasteiger partial charge on any atom is -0.436 e. The molecule has 0 bridgehead atoms. The average molecular weight is 359 g/mol. The monoisotopic (exact) mass is 359 g/mol. The number of carbonyl (C=O) groups is 2. The van der Waals surface area contributed by atoms with Gasteiger partial charge in [-0.25, -0.2) is 4.79 Å². The Balaban J connectivity index is 2.22. The predicted octanol–water partition coefficient (Wildman–Crippen LogP) is 3.30. The molecular weight excluding hydrogens is 330 g/mol. The molecule has 0 radical (unpaired) electrons. The van der Waals surface area contributed by atoms with Crippen molar-refractivity contribution in [2.24, 2.45) is 0 Å². The van der Waals surface area contributed by atoms with Crippen LogP contribution in [0.15, 0.2) is 30.5 Å². The normalized spacial score (nSPS) is 13.0. The maximum atomic E-state index is 12.9. The molecule has 6 heteroatoms. The standard InChI is InChI=1S/C20H29N3O3/c1-14(26-19(25)21-20(2,3)4)18(24)23-13-15(11-12-22(5)6)16-9-7-8-10-17(16)23/h7-10,13-14H,11-12H2,1-6H3,(H,21,25)/t14-/m0/s1. The van der Waals surface area contributed by atoms with E-state index in [1.165, 1.54) is 0 Å². The van der Waals surface area contributed by atoms with Crippen LogP contribution in [0, 0.1) is 0 Å². The summed E-state index contributed by atoms with van der Waals surface area (Å²) < 4.78 is 6.86. The Morgan fingerprint density at radius 1 is 1.23 bits per heavy atom. The fourth-order valence-corrected chi connectivity index (χ4v) is 2.72. The van der Waals surface area contributed by atoms with Gasteiger partial charge in [0, 0.05) is 23.7 Å². The third-order valence-corrected chi connectivity index (χ3v) is 3.97. The number of ether oxygens (including phenoxy) is 1. The van der Waals surface area contributed by atoms with Gasteiger partial charge in [0.05, 0.1) is 5.52 Å². The summed E-state index contributed by atoms with van der Waals surface area (Å²) in [4.78, 5) is 26.9. The van der Waals surface area contributed by atoms with Crippen molar-refractivity contribution in [2.45, 2.75) is 45.8 Å². The van der Waals surface area contributed by atoms with E-state index in [9.17, 15) is 9.59 Å². The summed E-state index contributed by atoms with van der Waals surface area (Å²) in [7, 11) is 4.04. The van der Waals surface area contributed by atoms with Crippen molar-refractivity contribution in [2.75, 3.05) is 20.6 Å². The van der Waals surface area contributed by atoms with Crippen LogP contribution in [0.3, 0.4) is 0 Å². The summed E-state index contributed by atoms with van der Waals surface area (Å²) in [6, 6.07) is 7.79. The number of para-hydroxylation sites is 1. The highest BCUT2D eigenvalue weighted by Gasteiger charge is 2.24. The molecule has 142 valence electrons. The van der Waals surface area contributed by atoms with Gasteiger partial charge in [-0.3, -0.25) is 9.36 Å². The molecule has 0 unspecified atom stereocenters. The maximum absolute atomic E-state index is 12.9. The molecule has 6 nitrogen and oxygen atoms in total. The van der Waals surface area contributed by atoms with E-state index < -0.39 is 17.7 Å². The van der Waals surface area contributed by atoms with Crippen molar-refractivity contribution in [1.29, 1.82) is 0 Å². The third kappa shape index (κ3) is 5.08. The summed E-state index contributed by atoms with van der Waals surface area (Å²) >= 11 is 0. The Labute approximate surface area is 155 Å². The molecule has 0 fully saturated rings. The van der Waals surface area contributed by atoms with Crippen molar-refractivity contribution in [3.63, 3.8) is 0 Å². The molecule has 0 saturated heterocycles. The number of carbonyl (C=O) groups excluding carboxylic acids is 2. The fraction of sp³-hybridized carbons (Fsp3) is 0.500. The highest BCUT2D eigenvalue weighted by Crippen LogP contribution is 2.22. The van der Waals surface area contributed by atoms with E-state index in [-0.39, 0.29) is 5.91 Å². The first kappa shape index (κ1) is 20.0. The van der Waals surface area contributed by atoms with Gasteiger partial charge in [-0.2, -0.15) is 0 Å². The summed E-state index contributed by atoms with van der Waals surface area (Å²) in [6.07, 6.45) is 1.23.